The van der Waals surface area contributed by atoms with Crippen LogP contribution in [0.2, 0.25) is 0 Å². The fraction of sp³-hybridized carbons (Fsp3) is 0.409. The SMILES string of the molecule is CC[C@H](NC(=O)C1CCN(S(=O)(=O)c2ccc(C)cc2)CC1)c1ccccc1. The summed E-state index contributed by atoms with van der Waals surface area (Å²) in [4.78, 5) is 13.0. The number of aryl methyl sites for hydroxylation is 1. The van der Waals surface area contributed by atoms with Gasteiger partial charge in [0.05, 0.1) is 10.9 Å². The Morgan fingerprint density at radius 3 is 2.25 bits per heavy atom. The second-order valence-electron chi connectivity index (χ2n) is 7.37. The second-order valence-corrected chi connectivity index (χ2v) is 9.31. The summed E-state index contributed by atoms with van der Waals surface area (Å²) in [6.45, 7) is 4.72. The molecule has 5 nitrogen and oxygen atoms in total. The number of hydrogen-bond donors (Lipinski definition) is 1. The largest absolute Gasteiger partial charge is 0.349 e. The fourth-order valence-corrected chi connectivity index (χ4v) is 5.08. The third kappa shape index (κ3) is 4.62. The van der Waals surface area contributed by atoms with E-state index in [1.54, 1.807) is 12.1 Å². The number of benzene rings is 2. The highest BCUT2D eigenvalue weighted by Gasteiger charge is 2.32. The van der Waals surface area contributed by atoms with E-state index in [0.717, 1.165) is 17.5 Å². The Balaban J connectivity index is 1.60. The van der Waals surface area contributed by atoms with Crippen molar-refractivity contribution in [2.45, 2.75) is 44.0 Å². The predicted octanol–water partition coefficient (Wildman–Crippen LogP) is 3.66. The Bertz CT molecular complexity index is 887. The fourth-order valence-electron chi connectivity index (χ4n) is 3.61. The monoisotopic (exact) mass is 400 g/mol. The maximum atomic E-state index is 12.8. The molecule has 0 aliphatic carbocycles. The van der Waals surface area contributed by atoms with Crippen LogP contribution in [0.1, 0.15) is 43.4 Å². The van der Waals surface area contributed by atoms with Crippen molar-refractivity contribution < 1.29 is 13.2 Å². The van der Waals surface area contributed by atoms with Crippen molar-refractivity contribution in [2.24, 2.45) is 5.92 Å². The molecule has 1 aliphatic heterocycles. The molecule has 0 radical (unpaired) electrons. The summed E-state index contributed by atoms with van der Waals surface area (Å²) in [5, 5.41) is 3.14. The van der Waals surface area contributed by atoms with Crippen LogP contribution in [0.25, 0.3) is 0 Å². The van der Waals surface area contributed by atoms with Crippen molar-refractivity contribution in [3.05, 3.63) is 65.7 Å². The minimum absolute atomic E-state index is 0.0111. The van der Waals surface area contributed by atoms with Crippen molar-refractivity contribution in [2.75, 3.05) is 13.1 Å². The van der Waals surface area contributed by atoms with Gasteiger partial charge in [0.15, 0.2) is 0 Å². The van der Waals surface area contributed by atoms with Gasteiger partial charge in [0.1, 0.15) is 0 Å². The van der Waals surface area contributed by atoms with Gasteiger partial charge < -0.3 is 5.32 Å². The van der Waals surface area contributed by atoms with Gasteiger partial charge in [0, 0.05) is 19.0 Å². The standard InChI is InChI=1S/C22H28N2O3S/c1-3-21(18-7-5-4-6-8-18)23-22(25)19-13-15-24(16-14-19)28(26,27)20-11-9-17(2)10-12-20/h4-12,19,21H,3,13-16H2,1-2H3,(H,23,25)/t21-/m0/s1. The molecule has 28 heavy (non-hydrogen) atoms. The number of nitrogens with one attached hydrogen (secondary N) is 1. The molecule has 1 atom stereocenters. The van der Waals surface area contributed by atoms with Gasteiger partial charge in [0.25, 0.3) is 0 Å². The van der Waals surface area contributed by atoms with Crippen LogP contribution in [0.15, 0.2) is 59.5 Å². The number of hydrogen-bond acceptors (Lipinski definition) is 3. The summed E-state index contributed by atoms with van der Waals surface area (Å²) in [6.07, 6.45) is 1.90. The summed E-state index contributed by atoms with van der Waals surface area (Å²) >= 11 is 0. The Labute approximate surface area is 167 Å². The average molecular weight is 401 g/mol. The van der Waals surface area contributed by atoms with Crippen LogP contribution in [0, 0.1) is 12.8 Å². The van der Waals surface area contributed by atoms with Crippen molar-refractivity contribution >= 4 is 15.9 Å². The van der Waals surface area contributed by atoms with Crippen LogP contribution in [0.3, 0.4) is 0 Å². The van der Waals surface area contributed by atoms with Gasteiger partial charge >= 0.3 is 0 Å². The van der Waals surface area contributed by atoms with Crippen molar-refractivity contribution in [1.82, 2.24) is 9.62 Å². The van der Waals surface area contributed by atoms with E-state index < -0.39 is 10.0 Å². The maximum absolute atomic E-state index is 12.8. The lowest BCUT2D eigenvalue weighted by Crippen LogP contribution is -2.43. The molecule has 0 spiro atoms. The van der Waals surface area contributed by atoms with E-state index in [9.17, 15) is 13.2 Å². The van der Waals surface area contributed by atoms with E-state index in [1.165, 1.54) is 4.31 Å². The highest BCUT2D eigenvalue weighted by Crippen LogP contribution is 2.25. The van der Waals surface area contributed by atoms with Gasteiger partial charge in [0.2, 0.25) is 15.9 Å². The summed E-state index contributed by atoms with van der Waals surface area (Å²) in [5.74, 6) is -0.134. The smallest absolute Gasteiger partial charge is 0.243 e. The highest BCUT2D eigenvalue weighted by atomic mass is 32.2. The van der Waals surface area contributed by atoms with Crippen LogP contribution < -0.4 is 5.32 Å². The molecule has 1 amide bonds. The molecule has 6 heteroatoms. The summed E-state index contributed by atoms with van der Waals surface area (Å²) in [5.41, 5.74) is 2.12. The number of carbonyl (C=O) groups is 1. The Morgan fingerprint density at radius 2 is 1.68 bits per heavy atom. The van der Waals surface area contributed by atoms with Crippen LogP contribution in [0.5, 0.6) is 0 Å². The molecule has 2 aromatic carbocycles. The van der Waals surface area contributed by atoms with Gasteiger partial charge in [-0.25, -0.2) is 8.42 Å². The van der Waals surface area contributed by atoms with Gasteiger partial charge in [-0.3, -0.25) is 4.79 Å². The van der Waals surface area contributed by atoms with Gasteiger partial charge in [-0.2, -0.15) is 4.31 Å². The molecular formula is C22H28N2O3S. The number of carbonyl (C=O) groups excluding carboxylic acids is 1. The third-order valence-corrected chi connectivity index (χ3v) is 7.32. The van der Waals surface area contributed by atoms with Crippen molar-refractivity contribution in [1.29, 1.82) is 0 Å². The first-order valence-electron chi connectivity index (χ1n) is 9.84. The molecule has 0 unspecified atom stereocenters. The molecular weight excluding hydrogens is 372 g/mol. The van der Waals surface area contributed by atoms with E-state index in [0.29, 0.717) is 30.8 Å². The molecule has 0 saturated carbocycles. The summed E-state index contributed by atoms with van der Waals surface area (Å²) in [7, 11) is -3.50. The number of rotatable bonds is 6. The minimum atomic E-state index is -3.50. The predicted molar refractivity (Wildman–Crippen MR) is 110 cm³/mol. The van der Waals surface area contributed by atoms with Gasteiger partial charge in [-0.15, -0.1) is 0 Å². The molecule has 2 aromatic rings. The molecule has 1 saturated heterocycles. The summed E-state index contributed by atoms with van der Waals surface area (Å²) in [6, 6.07) is 16.8. The van der Waals surface area contributed by atoms with E-state index in [2.05, 4.69) is 12.2 Å². The van der Waals surface area contributed by atoms with E-state index in [1.807, 2.05) is 49.4 Å². The van der Waals surface area contributed by atoms with Crippen LogP contribution >= 0.6 is 0 Å². The lowest BCUT2D eigenvalue weighted by Gasteiger charge is -2.31. The Morgan fingerprint density at radius 1 is 1.07 bits per heavy atom. The normalized spacial score (nSPS) is 17.2. The van der Waals surface area contributed by atoms with E-state index >= 15 is 0 Å². The zero-order valence-electron chi connectivity index (χ0n) is 16.5. The first-order chi connectivity index (χ1) is 13.4. The van der Waals surface area contributed by atoms with Crippen molar-refractivity contribution in [3.63, 3.8) is 0 Å². The molecule has 0 bridgehead atoms. The van der Waals surface area contributed by atoms with Crippen LogP contribution in [0.4, 0.5) is 0 Å². The van der Waals surface area contributed by atoms with E-state index in [4.69, 9.17) is 0 Å². The molecule has 1 aliphatic rings. The van der Waals surface area contributed by atoms with Crippen LogP contribution in [-0.2, 0) is 14.8 Å². The summed E-state index contributed by atoms with van der Waals surface area (Å²) < 4.78 is 27.1. The molecule has 1 fully saturated rings. The topological polar surface area (TPSA) is 66.5 Å². The Kier molecular flexibility index (Phi) is 6.52. The first-order valence-corrected chi connectivity index (χ1v) is 11.3. The van der Waals surface area contributed by atoms with Gasteiger partial charge in [-0.05, 0) is 43.9 Å². The van der Waals surface area contributed by atoms with Gasteiger partial charge in [-0.1, -0.05) is 55.0 Å². The van der Waals surface area contributed by atoms with Crippen molar-refractivity contribution in [3.8, 4) is 0 Å². The number of sulfonamides is 1. The minimum Gasteiger partial charge on any atom is -0.349 e. The molecule has 1 N–H and O–H groups in total. The average Bonchev–Trinajstić information content (AvgIpc) is 2.73. The zero-order chi connectivity index (χ0) is 20.1. The Hall–Kier alpha value is -2.18. The molecule has 150 valence electrons. The third-order valence-electron chi connectivity index (χ3n) is 5.41. The molecule has 1 heterocycles. The number of piperidine rings is 1. The van der Waals surface area contributed by atoms with Crippen LogP contribution in [-0.4, -0.2) is 31.7 Å². The number of nitrogens with zero attached hydrogens (tertiary/aromatic N) is 1. The number of amides is 1. The molecule has 0 aromatic heterocycles. The second kappa shape index (κ2) is 8.88. The lowest BCUT2D eigenvalue weighted by atomic mass is 9.96. The maximum Gasteiger partial charge on any atom is 0.243 e. The molecule has 3 rings (SSSR count). The lowest BCUT2D eigenvalue weighted by molar-refractivity contribution is -0.126. The zero-order valence-corrected chi connectivity index (χ0v) is 17.3. The highest BCUT2D eigenvalue weighted by molar-refractivity contribution is 7.89. The van der Waals surface area contributed by atoms with E-state index in [-0.39, 0.29) is 17.9 Å². The quantitative estimate of drug-likeness (QED) is 0.805. The first kappa shape index (κ1) is 20.6.